The van der Waals surface area contributed by atoms with Gasteiger partial charge in [-0.1, -0.05) is 35.1 Å². The number of nitrogens with zero attached hydrogens (tertiary/aromatic N) is 1. The molecule has 142 valence electrons. The molecule has 0 atom stereocenters. The molecular formula is C22H20N2O2S2. The number of rotatable bonds is 5. The molecule has 0 fully saturated rings. The van der Waals surface area contributed by atoms with Crippen molar-refractivity contribution in [2.24, 2.45) is 0 Å². The minimum absolute atomic E-state index is 0.140. The van der Waals surface area contributed by atoms with Gasteiger partial charge in [0.2, 0.25) is 0 Å². The number of hydrogen-bond acceptors (Lipinski definition) is 5. The van der Waals surface area contributed by atoms with Crippen LogP contribution in [0.1, 0.15) is 31.9 Å². The highest BCUT2D eigenvalue weighted by molar-refractivity contribution is 7.22. The molecular weight excluding hydrogens is 388 g/mol. The van der Waals surface area contributed by atoms with Crippen molar-refractivity contribution in [3.63, 3.8) is 0 Å². The van der Waals surface area contributed by atoms with Crippen molar-refractivity contribution in [3.8, 4) is 5.75 Å². The first-order valence-electron chi connectivity index (χ1n) is 8.94. The van der Waals surface area contributed by atoms with Gasteiger partial charge in [-0.15, -0.1) is 11.3 Å². The Bertz CT molecular complexity index is 1160. The average Bonchev–Trinajstić information content (AvgIpc) is 3.27. The minimum atomic E-state index is -0.140. The van der Waals surface area contributed by atoms with Crippen LogP contribution in [0, 0.1) is 20.8 Å². The molecule has 0 saturated carbocycles. The number of benzene rings is 2. The van der Waals surface area contributed by atoms with Gasteiger partial charge in [0.05, 0.1) is 15.1 Å². The Morgan fingerprint density at radius 2 is 1.86 bits per heavy atom. The van der Waals surface area contributed by atoms with E-state index in [2.05, 4.69) is 29.4 Å². The number of ether oxygens (including phenoxy) is 1. The topological polar surface area (TPSA) is 51.2 Å². The highest BCUT2D eigenvalue weighted by Crippen LogP contribution is 2.28. The third-order valence-electron chi connectivity index (χ3n) is 4.37. The van der Waals surface area contributed by atoms with Crippen LogP contribution in [0.5, 0.6) is 5.75 Å². The monoisotopic (exact) mass is 408 g/mol. The fraction of sp³-hybridized carbons (Fsp3) is 0.182. The van der Waals surface area contributed by atoms with Crippen LogP contribution in [0.15, 0.2) is 47.8 Å². The van der Waals surface area contributed by atoms with Crippen LogP contribution >= 0.6 is 22.7 Å². The summed E-state index contributed by atoms with van der Waals surface area (Å²) in [6.45, 7) is 6.58. The van der Waals surface area contributed by atoms with Crippen LogP contribution in [0.2, 0.25) is 0 Å². The first-order valence-corrected chi connectivity index (χ1v) is 10.6. The Balaban J connectivity index is 1.42. The number of thiazole rings is 1. The van der Waals surface area contributed by atoms with E-state index in [9.17, 15) is 4.79 Å². The van der Waals surface area contributed by atoms with Gasteiger partial charge in [-0.05, 0) is 61.5 Å². The van der Waals surface area contributed by atoms with E-state index in [1.807, 2.05) is 49.6 Å². The third kappa shape index (κ3) is 4.08. The van der Waals surface area contributed by atoms with Crippen LogP contribution in [0.25, 0.3) is 10.2 Å². The zero-order valence-electron chi connectivity index (χ0n) is 15.9. The van der Waals surface area contributed by atoms with Crippen molar-refractivity contribution in [3.05, 3.63) is 75.0 Å². The number of hydrogen-bond donors (Lipinski definition) is 1. The summed E-state index contributed by atoms with van der Waals surface area (Å²) in [5, 5.41) is 5.48. The molecule has 1 amide bonds. The number of fused-ring (bicyclic) bond motifs is 1. The summed E-state index contributed by atoms with van der Waals surface area (Å²) >= 11 is 2.90. The Hall–Kier alpha value is -2.70. The van der Waals surface area contributed by atoms with Gasteiger partial charge in [-0.3, -0.25) is 10.1 Å². The van der Waals surface area contributed by atoms with Gasteiger partial charge >= 0.3 is 0 Å². The van der Waals surface area contributed by atoms with Crippen LogP contribution in [-0.4, -0.2) is 10.9 Å². The third-order valence-corrected chi connectivity index (χ3v) is 6.28. The number of carbonyl (C=O) groups is 1. The van der Waals surface area contributed by atoms with E-state index < -0.39 is 0 Å². The molecule has 0 aliphatic heterocycles. The highest BCUT2D eigenvalue weighted by atomic mass is 32.1. The lowest BCUT2D eigenvalue weighted by molar-refractivity contribution is 0.103. The van der Waals surface area contributed by atoms with E-state index in [1.54, 1.807) is 0 Å². The van der Waals surface area contributed by atoms with Gasteiger partial charge in [-0.2, -0.15) is 0 Å². The molecule has 2 heterocycles. The first-order chi connectivity index (χ1) is 13.5. The van der Waals surface area contributed by atoms with E-state index in [0.717, 1.165) is 27.1 Å². The van der Waals surface area contributed by atoms with Gasteiger partial charge in [0, 0.05) is 5.56 Å². The maximum absolute atomic E-state index is 12.6. The molecule has 28 heavy (non-hydrogen) atoms. The van der Waals surface area contributed by atoms with Gasteiger partial charge in [0.1, 0.15) is 12.4 Å². The molecule has 0 spiro atoms. The fourth-order valence-electron chi connectivity index (χ4n) is 2.94. The number of nitrogens with one attached hydrogen (secondary N) is 1. The van der Waals surface area contributed by atoms with Gasteiger partial charge in [0.15, 0.2) is 5.13 Å². The number of carbonyl (C=O) groups excluding carboxylic acids is 1. The highest BCUT2D eigenvalue weighted by Gasteiger charge is 2.13. The van der Waals surface area contributed by atoms with Crippen molar-refractivity contribution in [1.82, 2.24) is 4.98 Å². The molecule has 6 heteroatoms. The minimum Gasteiger partial charge on any atom is -0.489 e. The number of amides is 1. The molecule has 1 N–H and O–H groups in total. The lowest BCUT2D eigenvalue weighted by Gasteiger charge is -2.08. The molecule has 4 nitrogen and oxygen atoms in total. The molecule has 0 unspecified atom stereocenters. The van der Waals surface area contributed by atoms with E-state index in [-0.39, 0.29) is 5.91 Å². The Morgan fingerprint density at radius 1 is 1.07 bits per heavy atom. The number of thiophene rings is 1. The zero-order chi connectivity index (χ0) is 19.7. The van der Waals surface area contributed by atoms with Crippen molar-refractivity contribution >= 4 is 43.9 Å². The smallest absolute Gasteiger partial charge is 0.267 e. The number of aryl methyl sites for hydroxylation is 3. The summed E-state index contributed by atoms with van der Waals surface area (Å²) < 4.78 is 6.98. The van der Waals surface area contributed by atoms with Gasteiger partial charge in [0.25, 0.3) is 5.91 Å². The predicted octanol–water partition coefficient (Wildman–Crippen LogP) is 6.11. The molecule has 2 aromatic heterocycles. The number of anilines is 1. The lowest BCUT2D eigenvalue weighted by Crippen LogP contribution is -2.09. The molecule has 0 saturated heterocycles. The molecule has 0 radical (unpaired) electrons. The number of aromatic nitrogens is 1. The Kier molecular flexibility index (Phi) is 5.15. The zero-order valence-corrected chi connectivity index (χ0v) is 17.5. The van der Waals surface area contributed by atoms with Crippen molar-refractivity contribution in [2.45, 2.75) is 27.4 Å². The van der Waals surface area contributed by atoms with Crippen LogP contribution in [0.4, 0.5) is 5.13 Å². The Morgan fingerprint density at radius 3 is 2.68 bits per heavy atom. The molecule has 0 bridgehead atoms. The standard InChI is InChI=1S/C22H20N2O2S2/c1-13-5-7-18(15(3)8-13)26-11-16-10-20(27-12-16)21(25)24-22-23-17-6-4-14(2)9-19(17)28-22/h4-10,12H,11H2,1-3H3,(H,23,24,25). The summed E-state index contributed by atoms with van der Waals surface area (Å²) in [6.07, 6.45) is 0. The van der Waals surface area contributed by atoms with Crippen molar-refractivity contribution in [1.29, 1.82) is 0 Å². The van der Waals surface area contributed by atoms with Crippen molar-refractivity contribution in [2.75, 3.05) is 5.32 Å². The molecule has 4 rings (SSSR count). The van der Waals surface area contributed by atoms with Gasteiger partial charge in [-0.25, -0.2) is 4.98 Å². The predicted molar refractivity (Wildman–Crippen MR) is 117 cm³/mol. The quantitative estimate of drug-likeness (QED) is 0.433. The lowest BCUT2D eigenvalue weighted by atomic mass is 10.1. The first kappa shape index (κ1) is 18.7. The average molecular weight is 409 g/mol. The van der Waals surface area contributed by atoms with E-state index in [4.69, 9.17) is 4.74 Å². The second-order valence-corrected chi connectivity index (χ2v) is 8.76. The summed E-state index contributed by atoms with van der Waals surface area (Å²) in [5.74, 6) is 0.728. The van der Waals surface area contributed by atoms with Crippen LogP contribution < -0.4 is 10.1 Å². The second kappa shape index (κ2) is 7.73. The molecule has 2 aromatic carbocycles. The normalized spacial score (nSPS) is 11.0. The molecule has 0 aliphatic carbocycles. The maximum atomic E-state index is 12.6. The summed E-state index contributed by atoms with van der Waals surface area (Å²) in [5.41, 5.74) is 5.39. The summed E-state index contributed by atoms with van der Waals surface area (Å²) in [6, 6.07) is 14.1. The SMILES string of the molecule is Cc1ccc(OCc2csc(C(=O)Nc3nc4ccc(C)cc4s3)c2)c(C)c1. The molecule has 0 aliphatic rings. The van der Waals surface area contributed by atoms with Crippen LogP contribution in [0.3, 0.4) is 0 Å². The molecule has 4 aromatic rings. The van der Waals surface area contributed by atoms with Crippen molar-refractivity contribution < 1.29 is 9.53 Å². The summed E-state index contributed by atoms with van der Waals surface area (Å²) in [7, 11) is 0. The van der Waals surface area contributed by atoms with E-state index in [0.29, 0.717) is 16.6 Å². The maximum Gasteiger partial charge on any atom is 0.267 e. The van der Waals surface area contributed by atoms with E-state index in [1.165, 1.54) is 33.8 Å². The van der Waals surface area contributed by atoms with Crippen LogP contribution in [-0.2, 0) is 6.61 Å². The van der Waals surface area contributed by atoms with Gasteiger partial charge < -0.3 is 4.74 Å². The second-order valence-electron chi connectivity index (χ2n) is 6.82. The fourth-order valence-corrected chi connectivity index (χ4v) is 4.69. The summed E-state index contributed by atoms with van der Waals surface area (Å²) in [4.78, 5) is 17.7. The van der Waals surface area contributed by atoms with E-state index >= 15 is 0 Å². The Labute approximate surface area is 171 Å². The largest absolute Gasteiger partial charge is 0.489 e.